The van der Waals surface area contributed by atoms with Crippen LogP contribution in [0.15, 0.2) is 15.2 Å². The number of halogens is 1. The lowest BCUT2D eigenvalue weighted by atomic mass is 9.94. The van der Waals surface area contributed by atoms with Crippen LogP contribution in [0, 0.1) is 12.8 Å². The molecule has 1 amide bonds. The molecule has 4 nitrogen and oxygen atoms in total. The highest BCUT2D eigenvalue weighted by molar-refractivity contribution is 9.10. The van der Waals surface area contributed by atoms with Gasteiger partial charge in [-0.05, 0) is 54.6 Å². The first-order valence-corrected chi connectivity index (χ1v) is 7.00. The molecule has 1 aliphatic rings. The maximum absolute atomic E-state index is 12.4. The lowest BCUT2D eigenvalue weighted by Crippen LogP contribution is -2.46. The summed E-state index contributed by atoms with van der Waals surface area (Å²) in [6.45, 7) is 4.64. The zero-order chi connectivity index (χ0) is 13.3. The van der Waals surface area contributed by atoms with E-state index in [1.54, 1.807) is 6.07 Å². The topological polar surface area (TPSA) is 53.7 Å². The average Bonchev–Trinajstić information content (AvgIpc) is 2.68. The highest BCUT2D eigenvalue weighted by Crippen LogP contribution is 2.26. The molecule has 0 saturated carbocycles. The number of likely N-dealkylation sites (tertiary alicyclic amines) is 1. The van der Waals surface area contributed by atoms with E-state index in [1.165, 1.54) is 0 Å². The quantitative estimate of drug-likeness (QED) is 0.912. The largest absolute Gasteiger partial charge is 0.444 e. The maximum Gasteiger partial charge on any atom is 0.290 e. The Morgan fingerprint density at radius 1 is 1.61 bits per heavy atom. The minimum atomic E-state index is -0.0798. The van der Waals surface area contributed by atoms with Crippen molar-refractivity contribution < 1.29 is 14.3 Å². The second-order valence-electron chi connectivity index (χ2n) is 5.00. The van der Waals surface area contributed by atoms with Crippen LogP contribution >= 0.6 is 15.9 Å². The first-order valence-electron chi connectivity index (χ1n) is 6.20. The van der Waals surface area contributed by atoms with Gasteiger partial charge >= 0.3 is 0 Å². The van der Waals surface area contributed by atoms with Gasteiger partial charge < -0.3 is 14.4 Å². The molecule has 1 fully saturated rings. The molecule has 1 aliphatic heterocycles. The molecule has 2 unspecified atom stereocenters. The predicted octanol–water partition coefficient (Wildman–Crippen LogP) is 2.58. The van der Waals surface area contributed by atoms with Gasteiger partial charge in [0.1, 0.15) is 0 Å². The van der Waals surface area contributed by atoms with E-state index < -0.39 is 0 Å². The lowest BCUT2D eigenvalue weighted by molar-refractivity contribution is 0.0457. The van der Waals surface area contributed by atoms with Crippen LogP contribution in [0.5, 0.6) is 0 Å². The van der Waals surface area contributed by atoms with Gasteiger partial charge in [0.15, 0.2) is 10.4 Å². The molecule has 1 N–H and O–H groups in total. The third-order valence-electron chi connectivity index (χ3n) is 3.58. The lowest BCUT2D eigenvalue weighted by Gasteiger charge is -2.37. The Hall–Kier alpha value is -0.810. The number of carbonyl (C=O) groups is 1. The highest BCUT2D eigenvalue weighted by Gasteiger charge is 2.31. The number of amides is 1. The third kappa shape index (κ3) is 2.62. The van der Waals surface area contributed by atoms with Crippen molar-refractivity contribution in [2.45, 2.75) is 32.7 Å². The Balaban J connectivity index is 2.19. The van der Waals surface area contributed by atoms with E-state index >= 15 is 0 Å². The molecule has 100 valence electrons. The number of furan rings is 1. The van der Waals surface area contributed by atoms with E-state index in [9.17, 15) is 9.90 Å². The number of piperidine rings is 1. The number of carbonyl (C=O) groups excluding carboxylic acids is 1. The summed E-state index contributed by atoms with van der Waals surface area (Å²) in [5.74, 6) is 0.500. The molecule has 18 heavy (non-hydrogen) atoms. The highest BCUT2D eigenvalue weighted by atomic mass is 79.9. The molecule has 0 bridgehead atoms. The van der Waals surface area contributed by atoms with E-state index in [1.807, 2.05) is 18.7 Å². The van der Waals surface area contributed by atoms with Crippen LogP contribution in [0.3, 0.4) is 0 Å². The number of hydrogen-bond donors (Lipinski definition) is 1. The predicted molar refractivity (Wildman–Crippen MR) is 71.5 cm³/mol. The van der Waals surface area contributed by atoms with Crippen LogP contribution in [0.4, 0.5) is 0 Å². The summed E-state index contributed by atoms with van der Waals surface area (Å²) >= 11 is 3.24. The van der Waals surface area contributed by atoms with Crippen LogP contribution < -0.4 is 0 Å². The van der Waals surface area contributed by atoms with Gasteiger partial charge in [-0.3, -0.25) is 4.79 Å². The number of aliphatic hydroxyl groups excluding tert-OH is 1. The zero-order valence-electron chi connectivity index (χ0n) is 10.6. The first-order chi connectivity index (χ1) is 8.52. The second-order valence-corrected chi connectivity index (χ2v) is 5.78. The van der Waals surface area contributed by atoms with Crippen molar-refractivity contribution in [1.82, 2.24) is 4.90 Å². The minimum Gasteiger partial charge on any atom is -0.444 e. The van der Waals surface area contributed by atoms with Gasteiger partial charge in [-0.25, -0.2) is 0 Å². The molecule has 1 aromatic rings. The first kappa shape index (κ1) is 13.6. The monoisotopic (exact) mass is 315 g/mol. The fraction of sp³-hybridized carbons (Fsp3) is 0.615. The van der Waals surface area contributed by atoms with Crippen LogP contribution in [0.25, 0.3) is 0 Å². The smallest absolute Gasteiger partial charge is 0.290 e. The molecule has 0 aromatic carbocycles. The van der Waals surface area contributed by atoms with Crippen molar-refractivity contribution in [3.8, 4) is 0 Å². The molecule has 2 heterocycles. The fourth-order valence-electron chi connectivity index (χ4n) is 2.40. The van der Waals surface area contributed by atoms with Crippen LogP contribution in [-0.2, 0) is 0 Å². The van der Waals surface area contributed by atoms with Crippen molar-refractivity contribution in [3.63, 3.8) is 0 Å². The Bertz CT molecular complexity index is 443. The van der Waals surface area contributed by atoms with E-state index in [4.69, 9.17) is 4.42 Å². The summed E-state index contributed by atoms with van der Waals surface area (Å²) in [6.07, 6.45) is 1.90. The van der Waals surface area contributed by atoms with Crippen LogP contribution in [0.2, 0.25) is 0 Å². The van der Waals surface area contributed by atoms with Crippen LogP contribution in [-0.4, -0.2) is 35.1 Å². The number of aliphatic hydroxyl groups is 1. The maximum atomic E-state index is 12.4. The molecule has 2 rings (SSSR count). The van der Waals surface area contributed by atoms with E-state index in [2.05, 4.69) is 15.9 Å². The van der Waals surface area contributed by atoms with E-state index in [-0.39, 0.29) is 24.5 Å². The fourth-order valence-corrected chi connectivity index (χ4v) is 2.91. The van der Waals surface area contributed by atoms with Gasteiger partial charge in [-0.15, -0.1) is 0 Å². The Morgan fingerprint density at radius 3 is 2.89 bits per heavy atom. The van der Waals surface area contributed by atoms with Crippen LogP contribution in [0.1, 0.15) is 35.9 Å². The molecule has 0 radical (unpaired) electrons. The summed E-state index contributed by atoms with van der Waals surface area (Å²) in [4.78, 5) is 14.2. The Morgan fingerprint density at radius 2 is 2.33 bits per heavy atom. The van der Waals surface area contributed by atoms with Crippen molar-refractivity contribution >= 4 is 21.8 Å². The summed E-state index contributed by atoms with van der Waals surface area (Å²) in [6, 6.07) is 1.99. The van der Waals surface area contributed by atoms with Gasteiger partial charge in [0.05, 0.1) is 0 Å². The van der Waals surface area contributed by atoms with Crippen molar-refractivity contribution in [2.75, 3.05) is 13.2 Å². The summed E-state index contributed by atoms with van der Waals surface area (Å²) in [5.41, 5.74) is 0.838. The summed E-state index contributed by atoms with van der Waals surface area (Å²) in [5, 5.41) is 9.24. The SMILES string of the molecule is Cc1cc(Br)oc1C(=O)N1CC(CO)CCC1C. The van der Waals surface area contributed by atoms with Gasteiger partial charge in [0, 0.05) is 24.8 Å². The number of hydrogen-bond acceptors (Lipinski definition) is 3. The van der Waals surface area contributed by atoms with Gasteiger partial charge in [0.25, 0.3) is 5.91 Å². The van der Waals surface area contributed by atoms with E-state index in [0.717, 1.165) is 18.4 Å². The molecule has 1 aromatic heterocycles. The van der Waals surface area contributed by atoms with Crippen molar-refractivity contribution in [3.05, 3.63) is 22.1 Å². The zero-order valence-corrected chi connectivity index (χ0v) is 12.2. The molecular weight excluding hydrogens is 298 g/mol. The number of aryl methyl sites for hydroxylation is 1. The Kier molecular flexibility index (Phi) is 4.12. The molecule has 0 aliphatic carbocycles. The van der Waals surface area contributed by atoms with Gasteiger partial charge in [0.2, 0.25) is 0 Å². The number of nitrogens with zero attached hydrogens (tertiary/aromatic N) is 1. The standard InChI is InChI=1S/C13H18BrNO3/c1-8-5-11(14)18-12(8)13(17)15-6-10(7-16)4-3-9(15)2/h5,9-10,16H,3-4,6-7H2,1-2H3. The molecule has 1 saturated heterocycles. The molecule has 2 atom stereocenters. The number of rotatable bonds is 2. The minimum absolute atomic E-state index is 0.0798. The normalized spacial score (nSPS) is 24.3. The van der Waals surface area contributed by atoms with Gasteiger partial charge in [-0.1, -0.05) is 0 Å². The molecule has 5 heteroatoms. The summed E-state index contributed by atoms with van der Waals surface area (Å²) in [7, 11) is 0. The molecule has 0 spiro atoms. The van der Waals surface area contributed by atoms with E-state index in [0.29, 0.717) is 17.0 Å². The van der Waals surface area contributed by atoms with Gasteiger partial charge in [-0.2, -0.15) is 0 Å². The van der Waals surface area contributed by atoms with Crippen molar-refractivity contribution in [1.29, 1.82) is 0 Å². The average molecular weight is 316 g/mol. The third-order valence-corrected chi connectivity index (χ3v) is 3.97. The summed E-state index contributed by atoms with van der Waals surface area (Å²) < 4.78 is 5.99. The Labute approximate surface area is 115 Å². The molecular formula is C13H18BrNO3. The second kappa shape index (κ2) is 5.45. The van der Waals surface area contributed by atoms with Crippen molar-refractivity contribution in [2.24, 2.45) is 5.92 Å².